The predicted octanol–water partition coefficient (Wildman–Crippen LogP) is 7.12. The monoisotopic (exact) mass is 573 g/mol. The molecule has 2 amide bonds. The molecule has 0 unspecified atom stereocenters. The second kappa shape index (κ2) is 12.3. The van der Waals surface area contributed by atoms with E-state index in [2.05, 4.69) is 15.6 Å². The fourth-order valence-electron chi connectivity index (χ4n) is 3.39. The van der Waals surface area contributed by atoms with Crippen LogP contribution in [0, 0.1) is 0 Å². The van der Waals surface area contributed by atoms with Crippen molar-refractivity contribution in [2.45, 2.75) is 4.90 Å². The maximum absolute atomic E-state index is 12.9. The number of hydrogen-bond donors (Lipinski definition) is 2. The van der Waals surface area contributed by atoms with Gasteiger partial charge in [0.05, 0.1) is 30.7 Å². The number of aromatic nitrogens is 1. The number of anilines is 2. The van der Waals surface area contributed by atoms with E-state index in [-0.39, 0.29) is 17.6 Å². The lowest BCUT2D eigenvalue weighted by Gasteiger charge is -2.13. The zero-order chi connectivity index (χ0) is 26.4. The van der Waals surface area contributed by atoms with E-state index >= 15 is 0 Å². The topological polar surface area (TPSA) is 89.5 Å². The van der Waals surface area contributed by atoms with Crippen molar-refractivity contribution in [3.63, 3.8) is 0 Å². The summed E-state index contributed by atoms with van der Waals surface area (Å²) >= 11 is 14.9. The first-order valence-corrected chi connectivity index (χ1v) is 13.5. The summed E-state index contributed by atoms with van der Waals surface area (Å²) in [5.74, 6) is 0.398. The molecule has 11 heteroatoms. The molecule has 190 valence electrons. The zero-order valence-electron chi connectivity index (χ0n) is 19.7. The molecule has 2 N–H and O–H groups in total. The average Bonchev–Trinajstić information content (AvgIpc) is 3.35. The van der Waals surface area contributed by atoms with Gasteiger partial charge in [-0.05, 0) is 48.5 Å². The highest BCUT2D eigenvalue weighted by Crippen LogP contribution is 2.33. The molecule has 4 rings (SSSR count). The summed E-state index contributed by atoms with van der Waals surface area (Å²) in [5.41, 5.74) is 2.27. The normalized spacial score (nSPS) is 10.6. The number of benzene rings is 3. The Kier molecular flexibility index (Phi) is 8.94. The van der Waals surface area contributed by atoms with Crippen molar-refractivity contribution >= 4 is 68.9 Å². The van der Waals surface area contributed by atoms with Crippen LogP contribution in [0.2, 0.25) is 10.0 Å². The molecule has 7 nitrogen and oxygen atoms in total. The third-order valence-electron chi connectivity index (χ3n) is 5.07. The Morgan fingerprint density at radius 3 is 2.41 bits per heavy atom. The number of carbonyl (C=O) groups is 2. The number of halogens is 2. The average molecular weight is 575 g/mol. The van der Waals surface area contributed by atoms with Gasteiger partial charge in [0.15, 0.2) is 5.13 Å². The van der Waals surface area contributed by atoms with E-state index in [4.69, 9.17) is 32.7 Å². The SMILES string of the molecule is COc1cccc(OC)c1C(=O)Nc1cccc(SCC(=O)Nc2nc(-c3ccc(Cl)cc3Cl)cs2)c1. The van der Waals surface area contributed by atoms with Crippen LogP contribution in [0.1, 0.15) is 10.4 Å². The van der Waals surface area contributed by atoms with Crippen molar-refractivity contribution in [3.8, 4) is 22.8 Å². The summed E-state index contributed by atoms with van der Waals surface area (Å²) in [6, 6.07) is 17.5. The van der Waals surface area contributed by atoms with Crippen molar-refractivity contribution in [1.29, 1.82) is 0 Å². The summed E-state index contributed by atoms with van der Waals surface area (Å²) in [5, 5.41) is 8.99. The number of thioether (sulfide) groups is 1. The van der Waals surface area contributed by atoms with Gasteiger partial charge in [-0.2, -0.15) is 0 Å². The van der Waals surface area contributed by atoms with E-state index < -0.39 is 0 Å². The quantitative estimate of drug-likeness (QED) is 0.207. The molecule has 0 spiro atoms. The Hall–Kier alpha value is -3.24. The Labute approximate surface area is 232 Å². The third kappa shape index (κ3) is 6.75. The molecule has 0 radical (unpaired) electrons. The second-order valence-corrected chi connectivity index (χ2v) is 10.3. The fourth-order valence-corrected chi connectivity index (χ4v) is 5.38. The van der Waals surface area contributed by atoms with Crippen molar-refractivity contribution in [2.75, 3.05) is 30.6 Å². The van der Waals surface area contributed by atoms with Crippen LogP contribution in [0.5, 0.6) is 11.5 Å². The number of methoxy groups -OCH3 is 2. The van der Waals surface area contributed by atoms with Gasteiger partial charge in [-0.25, -0.2) is 4.98 Å². The molecule has 0 saturated heterocycles. The lowest BCUT2D eigenvalue weighted by atomic mass is 10.1. The van der Waals surface area contributed by atoms with Gasteiger partial charge in [-0.1, -0.05) is 35.3 Å². The molecule has 0 bridgehead atoms. The van der Waals surface area contributed by atoms with Gasteiger partial charge >= 0.3 is 0 Å². The minimum absolute atomic E-state index is 0.161. The van der Waals surface area contributed by atoms with E-state index in [0.29, 0.717) is 43.6 Å². The minimum atomic E-state index is -0.366. The van der Waals surface area contributed by atoms with Crippen molar-refractivity contribution in [1.82, 2.24) is 4.98 Å². The largest absolute Gasteiger partial charge is 0.496 e. The van der Waals surface area contributed by atoms with Gasteiger partial charge in [-0.3, -0.25) is 9.59 Å². The maximum atomic E-state index is 12.9. The molecule has 0 aliphatic rings. The molecule has 1 heterocycles. The number of nitrogens with zero attached hydrogens (tertiary/aromatic N) is 1. The first kappa shape index (κ1) is 26.8. The highest BCUT2D eigenvalue weighted by atomic mass is 35.5. The molecule has 3 aromatic carbocycles. The summed E-state index contributed by atoms with van der Waals surface area (Å²) in [7, 11) is 2.99. The van der Waals surface area contributed by atoms with Crippen LogP contribution in [0.3, 0.4) is 0 Å². The lowest BCUT2D eigenvalue weighted by Crippen LogP contribution is -2.15. The summed E-state index contributed by atoms with van der Waals surface area (Å²) in [6.45, 7) is 0. The summed E-state index contributed by atoms with van der Waals surface area (Å²) in [6.07, 6.45) is 0. The highest BCUT2D eigenvalue weighted by molar-refractivity contribution is 8.00. The van der Waals surface area contributed by atoms with E-state index in [9.17, 15) is 9.59 Å². The van der Waals surface area contributed by atoms with Crippen LogP contribution >= 0.6 is 46.3 Å². The molecular formula is C26H21Cl2N3O4S2. The molecule has 37 heavy (non-hydrogen) atoms. The van der Waals surface area contributed by atoms with Crippen molar-refractivity contribution in [3.05, 3.63) is 81.7 Å². The van der Waals surface area contributed by atoms with Crippen molar-refractivity contribution < 1.29 is 19.1 Å². The van der Waals surface area contributed by atoms with E-state index in [1.165, 1.54) is 37.3 Å². The molecule has 0 aliphatic heterocycles. The second-order valence-electron chi connectivity index (χ2n) is 7.52. The predicted molar refractivity (Wildman–Crippen MR) is 151 cm³/mol. The lowest BCUT2D eigenvalue weighted by molar-refractivity contribution is -0.113. The zero-order valence-corrected chi connectivity index (χ0v) is 22.9. The van der Waals surface area contributed by atoms with Crippen LogP contribution in [-0.4, -0.2) is 36.8 Å². The first-order valence-electron chi connectivity index (χ1n) is 10.8. The van der Waals surface area contributed by atoms with Crippen LogP contribution in [-0.2, 0) is 4.79 Å². The van der Waals surface area contributed by atoms with Crippen LogP contribution < -0.4 is 20.1 Å². The Bertz CT molecular complexity index is 1420. The highest BCUT2D eigenvalue weighted by Gasteiger charge is 2.18. The maximum Gasteiger partial charge on any atom is 0.263 e. The molecule has 0 fully saturated rings. The summed E-state index contributed by atoms with van der Waals surface area (Å²) in [4.78, 5) is 30.7. The Morgan fingerprint density at radius 2 is 1.70 bits per heavy atom. The number of thiazole rings is 1. The van der Waals surface area contributed by atoms with Gasteiger partial charge in [0.25, 0.3) is 5.91 Å². The van der Waals surface area contributed by atoms with Crippen molar-refractivity contribution in [2.24, 2.45) is 0 Å². The van der Waals surface area contributed by atoms with Gasteiger partial charge in [-0.15, -0.1) is 23.1 Å². The van der Waals surface area contributed by atoms with Gasteiger partial charge in [0, 0.05) is 26.5 Å². The van der Waals surface area contributed by atoms with Crippen LogP contribution in [0.25, 0.3) is 11.3 Å². The molecule has 0 atom stereocenters. The van der Waals surface area contributed by atoms with E-state index in [0.717, 1.165) is 10.5 Å². The smallest absolute Gasteiger partial charge is 0.263 e. The van der Waals surface area contributed by atoms with Crippen LogP contribution in [0.4, 0.5) is 10.8 Å². The number of hydrogen-bond acceptors (Lipinski definition) is 7. The Balaban J connectivity index is 1.36. The Morgan fingerprint density at radius 1 is 0.973 bits per heavy atom. The van der Waals surface area contributed by atoms with Gasteiger partial charge in [0.1, 0.15) is 17.1 Å². The van der Waals surface area contributed by atoms with E-state index in [1.807, 2.05) is 11.4 Å². The molecular weight excluding hydrogens is 553 g/mol. The van der Waals surface area contributed by atoms with E-state index in [1.54, 1.807) is 54.6 Å². The number of carbonyl (C=O) groups excluding carboxylic acids is 2. The molecule has 0 aliphatic carbocycles. The third-order valence-corrected chi connectivity index (χ3v) is 7.37. The number of nitrogens with one attached hydrogen (secondary N) is 2. The minimum Gasteiger partial charge on any atom is -0.496 e. The molecule has 0 saturated carbocycles. The summed E-state index contributed by atoms with van der Waals surface area (Å²) < 4.78 is 10.6. The van der Waals surface area contributed by atoms with Gasteiger partial charge < -0.3 is 20.1 Å². The standard InChI is InChI=1S/C26H21Cl2N3O4S2/c1-34-21-7-4-8-22(35-2)24(21)25(33)29-16-5-3-6-17(12-16)36-14-23(32)31-26-30-20(13-37-26)18-10-9-15(27)11-19(18)28/h3-13H,14H2,1-2H3,(H,29,33)(H,30,31,32). The van der Waals surface area contributed by atoms with Crippen LogP contribution in [0.15, 0.2) is 70.9 Å². The molecule has 1 aromatic heterocycles. The van der Waals surface area contributed by atoms with Gasteiger partial charge in [0.2, 0.25) is 5.91 Å². The number of rotatable bonds is 9. The number of ether oxygens (including phenoxy) is 2. The first-order chi connectivity index (χ1) is 17.9. The number of amides is 2. The molecule has 4 aromatic rings. The fraction of sp³-hybridized carbons (Fsp3) is 0.115.